The van der Waals surface area contributed by atoms with Crippen LogP contribution in [0, 0.1) is 4.91 Å². The summed E-state index contributed by atoms with van der Waals surface area (Å²) in [5.41, 5.74) is 5.23. The van der Waals surface area contributed by atoms with Gasteiger partial charge in [0.05, 0.1) is 0 Å². The Morgan fingerprint density at radius 3 is 2.30 bits per heavy atom. The van der Waals surface area contributed by atoms with Crippen molar-refractivity contribution in [1.29, 1.82) is 0 Å². The van der Waals surface area contributed by atoms with Crippen LogP contribution in [0.1, 0.15) is 12.8 Å². The van der Waals surface area contributed by atoms with Gasteiger partial charge >= 0.3 is 11.9 Å². The molecule has 2 amide bonds. The number of rotatable bonds is 11. The van der Waals surface area contributed by atoms with E-state index in [9.17, 15) is 24.1 Å². The van der Waals surface area contributed by atoms with Crippen LogP contribution in [-0.4, -0.2) is 58.3 Å². The van der Waals surface area contributed by atoms with E-state index in [0.29, 0.717) is 11.9 Å². The summed E-state index contributed by atoms with van der Waals surface area (Å²) in [6.07, 6.45) is -0.376. The molecule has 0 saturated heterocycles. The molecule has 0 aliphatic heterocycles. The molecular formula is C10H18N4O7S2. The summed E-state index contributed by atoms with van der Waals surface area (Å²) in [4.78, 5) is 54.2. The van der Waals surface area contributed by atoms with Crippen molar-refractivity contribution in [3.05, 3.63) is 4.91 Å². The molecule has 0 rings (SSSR count). The number of carbonyl (C=O) groups is 4. The minimum absolute atomic E-state index is 0. The van der Waals surface area contributed by atoms with Crippen LogP contribution < -0.4 is 16.4 Å². The Kier molecular flexibility index (Phi) is 12.9. The van der Waals surface area contributed by atoms with E-state index in [1.165, 1.54) is 0 Å². The van der Waals surface area contributed by atoms with E-state index in [0.717, 1.165) is 0 Å². The summed E-state index contributed by atoms with van der Waals surface area (Å²) in [5, 5.41) is 21.3. The van der Waals surface area contributed by atoms with Crippen LogP contribution in [0.4, 0.5) is 0 Å². The molecule has 23 heavy (non-hydrogen) atoms. The van der Waals surface area contributed by atoms with Crippen molar-refractivity contribution in [2.24, 2.45) is 10.3 Å². The minimum Gasteiger partial charge on any atom is -0.480 e. The molecule has 13 heteroatoms. The fourth-order valence-corrected chi connectivity index (χ4v) is 1.70. The molecule has 0 radical (unpaired) electrons. The monoisotopic (exact) mass is 370 g/mol. The number of hydrogen-bond acceptors (Lipinski definition) is 8. The van der Waals surface area contributed by atoms with Crippen LogP contribution in [-0.2, 0) is 19.2 Å². The van der Waals surface area contributed by atoms with Gasteiger partial charge in [0.2, 0.25) is 11.8 Å². The van der Waals surface area contributed by atoms with E-state index in [2.05, 4.69) is 15.2 Å². The van der Waals surface area contributed by atoms with Gasteiger partial charge in [-0.2, -0.15) is 13.5 Å². The highest BCUT2D eigenvalue weighted by Gasteiger charge is 2.22. The van der Waals surface area contributed by atoms with Crippen molar-refractivity contribution >= 4 is 49.2 Å². The maximum absolute atomic E-state index is 11.7. The van der Waals surface area contributed by atoms with Gasteiger partial charge in [-0.05, 0) is 6.42 Å². The fraction of sp³-hybridized carbons (Fsp3) is 0.600. The third-order valence-electron chi connectivity index (χ3n) is 2.36. The zero-order chi connectivity index (χ0) is 17.1. The highest BCUT2D eigenvalue weighted by molar-refractivity contribution is 7.97. The lowest BCUT2D eigenvalue weighted by atomic mass is 10.1. The first-order valence-electron chi connectivity index (χ1n) is 5.99. The predicted octanol–water partition coefficient (Wildman–Crippen LogP) is -1.61. The number of nitrogens with two attached hydrogens (primary N) is 1. The normalized spacial score (nSPS) is 12.2. The summed E-state index contributed by atoms with van der Waals surface area (Å²) in [6, 6.07) is -2.38. The number of amides is 2. The van der Waals surface area contributed by atoms with Gasteiger partial charge in [-0.1, -0.05) is 0 Å². The number of aliphatic carboxylic acids is 2. The number of carboxylic acid groups (broad SMARTS) is 2. The molecule has 0 aliphatic carbocycles. The van der Waals surface area contributed by atoms with Gasteiger partial charge in [-0.15, -0.1) is 4.91 Å². The SMILES string of the molecule is N[C@@H](CCC(=O)N[C@@H](CSN=O)C(=O)NCC(=O)O)C(=O)O.S. The number of hydrogen-bond donors (Lipinski definition) is 5. The molecule has 0 aromatic heterocycles. The van der Waals surface area contributed by atoms with Crippen LogP contribution in [0.2, 0.25) is 0 Å². The first kappa shape index (κ1) is 23.4. The topological polar surface area (TPSA) is 188 Å². The highest BCUT2D eigenvalue weighted by Crippen LogP contribution is 2.05. The zero-order valence-electron chi connectivity index (χ0n) is 11.9. The van der Waals surface area contributed by atoms with Crippen molar-refractivity contribution in [3.8, 4) is 0 Å². The standard InChI is InChI=1S/C10H16N4O7S.H2S/c11-5(10(19)20)1-2-7(15)13-6(4-22-14-21)9(18)12-3-8(16)17;/h5-6H,1-4,11H2,(H,12,18)(H,13,15)(H,16,17)(H,19,20);1H2/t5-,6-;/m0./s1. The molecule has 0 aromatic rings. The average Bonchev–Trinajstić information content (AvgIpc) is 2.46. The second-order valence-corrected chi connectivity index (χ2v) is 4.83. The lowest BCUT2D eigenvalue weighted by Gasteiger charge is -2.16. The third-order valence-corrected chi connectivity index (χ3v) is 2.95. The molecule has 0 fully saturated rings. The van der Waals surface area contributed by atoms with Crippen molar-refractivity contribution in [3.63, 3.8) is 0 Å². The molecule has 132 valence electrons. The lowest BCUT2D eigenvalue weighted by molar-refractivity contribution is -0.139. The van der Waals surface area contributed by atoms with Gasteiger partial charge in [-0.3, -0.25) is 19.2 Å². The number of nitrogens with zero attached hydrogens (tertiary/aromatic N) is 1. The smallest absolute Gasteiger partial charge is 0.322 e. The first-order valence-corrected chi connectivity index (χ1v) is 6.94. The first-order chi connectivity index (χ1) is 10.3. The van der Waals surface area contributed by atoms with E-state index in [1.807, 2.05) is 0 Å². The Hall–Kier alpha value is -1.86. The van der Waals surface area contributed by atoms with Crippen LogP contribution >= 0.6 is 25.4 Å². The Balaban J connectivity index is 0. The van der Waals surface area contributed by atoms with Crippen LogP contribution in [0.3, 0.4) is 0 Å². The van der Waals surface area contributed by atoms with Gasteiger partial charge < -0.3 is 26.6 Å². The van der Waals surface area contributed by atoms with Crippen molar-refractivity contribution in [1.82, 2.24) is 10.6 Å². The fourth-order valence-electron chi connectivity index (χ4n) is 1.25. The summed E-state index contributed by atoms with van der Waals surface area (Å²) >= 11 is 0.478. The molecule has 0 unspecified atom stereocenters. The summed E-state index contributed by atoms with van der Waals surface area (Å²) < 4.78 is 2.48. The minimum atomic E-state index is -1.27. The number of carbonyl (C=O) groups excluding carboxylic acids is 2. The maximum atomic E-state index is 11.7. The van der Waals surface area contributed by atoms with Crippen molar-refractivity contribution in [2.75, 3.05) is 12.3 Å². The largest absolute Gasteiger partial charge is 0.480 e. The van der Waals surface area contributed by atoms with E-state index >= 15 is 0 Å². The quantitative estimate of drug-likeness (QED) is 0.210. The van der Waals surface area contributed by atoms with Crippen LogP contribution in [0.5, 0.6) is 0 Å². The third kappa shape index (κ3) is 11.4. The predicted molar refractivity (Wildman–Crippen MR) is 86.1 cm³/mol. The number of nitroso groups, excluding NO2 is 1. The molecule has 2 atom stereocenters. The lowest BCUT2D eigenvalue weighted by Crippen LogP contribution is -2.49. The van der Waals surface area contributed by atoms with Gasteiger partial charge in [0, 0.05) is 28.7 Å². The average molecular weight is 370 g/mol. The molecule has 11 nitrogen and oxygen atoms in total. The van der Waals surface area contributed by atoms with E-state index in [1.54, 1.807) is 0 Å². The van der Waals surface area contributed by atoms with Crippen molar-refractivity contribution < 1.29 is 29.4 Å². The summed E-state index contributed by atoms with van der Waals surface area (Å²) in [7, 11) is 0. The second kappa shape index (κ2) is 12.7. The second-order valence-electron chi connectivity index (χ2n) is 4.09. The molecule has 0 aliphatic rings. The molecule has 0 saturated carbocycles. The van der Waals surface area contributed by atoms with E-state index in [4.69, 9.17) is 15.9 Å². The molecule has 0 spiro atoms. The Bertz CT molecular complexity index is 449. The Morgan fingerprint density at radius 1 is 1.22 bits per heavy atom. The van der Waals surface area contributed by atoms with Gasteiger partial charge in [0.25, 0.3) is 0 Å². The van der Waals surface area contributed by atoms with Gasteiger partial charge in [0.15, 0.2) is 0 Å². The van der Waals surface area contributed by atoms with E-state index in [-0.39, 0.29) is 32.1 Å². The summed E-state index contributed by atoms with van der Waals surface area (Å²) in [5.74, 6) is -4.17. The van der Waals surface area contributed by atoms with Gasteiger partial charge in [0.1, 0.15) is 18.6 Å². The van der Waals surface area contributed by atoms with Crippen LogP contribution in [0.15, 0.2) is 4.58 Å². The molecule has 0 aromatic carbocycles. The number of carboxylic acids is 2. The highest BCUT2D eigenvalue weighted by atomic mass is 32.2. The van der Waals surface area contributed by atoms with Crippen molar-refractivity contribution in [2.45, 2.75) is 24.9 Å². The molecule has 0 heterocycles. The molecule has 6 N–H and O–H groups in total. The number of nitrogens with one attached hydrogen (secondary N) is 2. The van der Waals surface area contributed by atoms with Gasteiger partial charge in [-0.25, -0.2) is 0 Å². The molecular weight excluding hydrogens is 352 g/mol. The maximum Gasteiger partial charge on any atom is 0.322 e. The Labute approximate surface area is 142 Å². The zero-order valence-corrected chi connectivity index (χ0v) is 13.7. The molecule has 0 bridgehead atoms. The summed E-state index contributed by atoms with van der Waals surface area (Å²) in [6.45, 7) is -0.645. The Morgan fingerprint density at radius 2 is 1.83 bits per heavy atom. The van der Waals surface area contributed by atoms with E-state index < -0.39 is 42.4 Å². The van der Waals surface area contributed by atoms with Crippen LogP contribution in [0.25, 0.3) is 0 Å².